The molecule has 1 heterocycles. The van der Waals surface area contributed by atoms with Gasteiger partial charge in [-0.05, 0) is 36.7 Å². The second-order valence-corrected chi connectivity index (χ2v) is 4.48. The van der Waals surface area contributed by atoms with E-state index in [0.29, 0.717) is 26.3 Å². The van der Waals surface area contributed by atoms with Crippen LogP contribution in [0.2, 0.25) is 0 Å². The van der Waals surface area contributed by atoms with Gasteiger partial charge in [-0.2, -0.15) is 0 Å². The van der Waals surface area contributed by atoms with E-state index in [1.807, 2.05) is 26.0 Å². The molecule has 1 aromatic carbocycles. The maximum Gasteiger partial charge on any atom is 0.234 e. The first-order valence-electron chi connectivity index (χ1n) is 6.57. The summed E-state index contributed by atoms with van der Waals surface area (Å²) in [5.74, 6) is 1.54. The summed E-state index contributed by atoms with van der Waals surface area (Å²) >= 11 is 0. The van der Waals surface area contributed by atoms with Crippen LogP contribution >= 0.6 is 0 Å². The normalized spacial score (nSPS) is 13.2. The van der Waals surface area contributed by atoms with Crippen molar-refractivity contribution in [3.63, 3.8) is 0 Å². The molecule has 1 aliphatic heterocycles. The van der Waals surface area contributed by atoms with E-state index in [9.17, 15) is 4.79 Å². The van der Waals surface area contributed by atoms with Gasteiger partial charge in [0.25, 0.3) is 0 Å². The average Bonchev–Trinajstić information content (AvgIpc) is 2.42. The Balaban J connectivity index is 1.98. The number of amides is 1. The Morgan fingerprint density at radius 1 is 1.26 bits per heavy atom. The van der Waals surface area contributed by atoms with Gasteiger partial charge >= 0.3 is 0 Å². The molecule has 0 radical (unpaired) electrons. The Morgan fingerprint density at radius 2 is 1.95 bits per heavy atom. The lowest BCUT2D eigenvalue weighted by atomic mass is 10.1. The van der Waals surface area contributed by atoms with Crippen LogP contribution in [0.25, 0.3) is 0 Å². The summed E-state index contributed by atoms with van der Waals surface area (Å²) in [5.41, 5.74) is 2.14. The molecule has 0 aliphatic carbocycles. The zero-order chi connectivity index (χ0) is 13.7. The number of hydrogen-bond acceptors (Lipinski definition) is 4. The van der Waals surface area contributed by atoms with Gasteiger partial charge in [-0.3, -0.25) is 4.79 Å². The lowest BCUT2D eigenvalue weighted by Gasteiger charge is -2.20. The van der Waals surface area contributed by atoms with Crippen LogP contribution in [0.1, 0.15) is 18.1 Å². The molecule has 0 bridgehead atoms. The van der Waals surface area contributed by atoms with Gasteiger partial charge < -0.3 is 20.1 Å². The number of ether oxygens (including phenoxy) is 2. The predicted molar refractivity (Wildman–Crippen MR) is 72.6 cm³/mol. The molecule has 2 N–H and O–H groups in total. The number of carbonyl (C=O) groups is 1. The smallest absolute Gasteiger partial charge is 0.234 e. The molecule has 0 saturated heterocycles. The standard InChI is InChI=1S/C14H20N2O3/c1-3-15-9-14(17)16-8-11-7-13-12(6-10(11)2)18-4-5-19-13/h6-7,15H,3-5,8-9H2,1-2H3,(H,16,17). The topological polar surface area (TPSA) is 59.6 Å². The molecule has 19 heavy (non-hydrogen) atoms. The SMILES string of the molecule is CCNCC(=O)NCc1cc2c(cc1C)OCCO2. The van der Waals surface area contributed by atoms with Gasteiger partial charge in [-0.15, -0.1) is 0 Å². The van der Waals surface area contributed by atoms with E-state index in [4.69, 9.17) is 9.47 Å². The van der Waals surface area contributed by atoms with E-state index in [1.165, 1.54) is 0 Å². The third kappa shape index (κ3) is 3.61. The maximum absolute atomic E-state index is 11.5. The lowest BCUT2D eigenvalue weighted by molar-refractivity contribution is -0.120. The fourth-order valence-corrected chi connectivity index (χ4v) is 1.92. The van der Waals surface area contributed by atoms with Crippen molar-refractivity contribution < 1.29 is 14.3 Å². The molecule has 0 fully saturated rings. The zero-order valence-electron chi connectivity index (χ0n) is 11.4. The number of likely N-dealkylation sites (N-methyl/N-ethyl adjacent to an activating group) is 1. The Hall–Kier alpha value is -1.75. The van der Waals surface area contributed by atoms with Gasteiger partial charge in [0.05, 0.1) is 6.54 Å². The first kappa shape index (κ1) is 13.7. The zero-order valence-corrected chi connectivity index (χ0v) is 11.4. The number of benzene rings is 1. The molecular formula is C14H20N2O3. The van der Waals surface area contributed by atoms with E-state index in [0.717, 1.165) is 29.2 Å². The number of fused-ring (bicyclic) bond motifs is 1. The molecule has 104 valence electrons. The van der Waals surface area contributed by atoms with Crippen molar-refractivity contribution in [2.75, 3.05) is 26.3 Å². The highest BCUT2D eigenvalue weighted by molar-refractivity contribution is 5.78. The number of carbonyl (C=O) groups excluding carboxylic acids is 1. The summed E-state index contributed by atoms with van der Waals surface area (Å²) < 4.78 is 11.1. The molecule has 2 rings (SSSR count). The van der Waals surface area contributed by atoms with Crippen LogP contribution in [0.15, 0.2) is 12.1 Å². The van der Waals surface area contributed by atoms with Crippen molar-refractivity contribution in [2.45, 2.75) is 20.4 Å². The fourth-order valence-electron chi connectivity index (χ4n) is 1.92. The van der Waals surface area contributed by atoms with Crippen LogP contribution in [-0.2, 0) is 11.3 Å². The highest BCUT2D eigenvalue weighted by atomic mass is 16.6. The Bertz CT molecular complexity index is 460. The molecule has 0 aromatic heterocycles. The summed E-state index contributed by atoms with van der Waals surface area (Å²) in [5, 5.41) is 5.88. The van der Waals surface area contributed by atoms with E-state index in [-0.39, 0.29) is 5.91 Å². The van der Waals surface area contributed by atoms with E-state index in [2.05, 4.69) is 10.6 Å². The predicted octanol–water partition coefficient (Wildman–Crippen LogP) is 0.992. The minimum absolute atomic E-state index is 0.00357. The Morgan fingerprint density at radius 3 is 2.63 bits per heavy atom. The van der Waals surface area contributed by atoms with Gasteiger partial charge in [0, 0.05) is 6.54 Å². The van der Waals surface area contributed by atoms with Crippen LogP contribution in [0.3, 0.4) is 0 Å². The van der Waals surface area contributed by atoms with E-state index in [1.54, 1.807) is 0 Å². The van der Waals surface area contributed by atoms with Gasteiger partial charge in [-0.1, -0.05) is 6.92 Å². The average molecular weight is 264 g/mol. The van der Waals surface area contributed by atoms with Crippen molar-refractivity contribution in [3.05, 3.63) is 23.3 Å². The molecule has 5 heteroatoms. The summed E-state index contributed by atoms with van der Waals surface area (Å²) in [6.45, 7) is 6.78. The van der Waals surface area contributed by atoms with Crippen molar-refractivity contribution in [1.29, 1.82) is 0 Å². The summed E-state index contributed by atoms with van der Waals surface area (Å²) in [6, 6.07) is 3.90. The van der Waals surface area contributed by atoms with Gasteiger partial charge in [0.15, 0.2) is 11.5 Å². The quantitative estimate of drug-likeness (QED) is 0.832. The fraction of sp³-hybridized carbons (Fsp3) is 0.500. The van der Waals surface area contributed by atoms with Crippen LogP contribution in [0.5, 0.6) is 11.5 Å². The van der Waals surface area contributed by atoms with Gasteiger partial charge in [0.2, 0.25) is 5.91 Å². The third-order valence-corrected chi connectivity index (χ3v) is 3.01. The van der Waals surface area contributed by atoms with Gasteiger partial charge in [0.1, 0.15) is 13.2 Å². The first-order valence-corrected chi connectivity index (χ1v) is 6.57. The van der Waals surface area contributed by atoms with Crippen molar-refractivity contribution in [2.24, 2.45) is 0 Å². The highest BCUT2D eigenvalue weighted by Gasteiger charge is 2.14. The molecule has 5 nitrogen and oxygen atoms in total. The van der Waals surface area contributed by atoms with Crippen molar-refractivity contribution >= 4 is 5.91 Å². The third-order valence-electron chi connectivity index (χ3n) is 3.01. The Kier molecular flexibility index (Phi) is 4.63. The van der Waals surface area contributed by atoms with Gasteiger partial charge in [-0.25, -0.2) is 0 Å². The maximum atomic E-state index is 11.5. The minimum atomic E-state index is -0.00357. The number of rotatable bonds is 5. The Labute approximate surface area is 113 Å². The van der Waals surface area contributed by atoms with Crippen molar-refractivity contribution in [1.82, 2.24) is 10.6 Å². The number of aryl methyl sites for hydroxylation is 1. The van der Waals surface area contributed by atoms with Crippen LogP contribution in [-0.4, -0.2) is 32.2 Å². The second kappa shape index (κ2) is 6.43. The molecule has 1 amide bonds. The molecule has 0 spiro atoms. The van der Waals surface area contributed by atoms with Crippen LogP contribution < -0.4 is 20.1 Å². The lowest BCUT2D eigenvalue weighted by Crippen LogP contribution is -2.33. The highest BCUT2D eigenvalue weighted by Crippen LogP contribution is 2.32. The molecule has 1 aromatic rings. The van der Waals surface area contributed by atoms with E-state index < -0.39 is 0 Å². The van der Waals surface area contributed by atoms with Crippen molar-refractivity contribution in [3.8, 4) is 11.5 Å². The minimum Gasteiger partial charge on any atom is -0.486 e. The number of nitrogens with one attached hydrogen (secondary N) is 2. The molecule has 0 saturated carbocycles. The number of hydrogen-bond donors (Lipinski definition) is 2. The largest absolute Gasteiger partial charge is 0.486 e. The second-order valence-electron chi connectivity index (χ2n) is 4.48. The first-order chi connectivity index (χ1) is 9.20. The molecule has 0 unspecified atom stereocenters. The van der Waals surface area contributed by atoms with E-state index >= 15 is 0 Å². The molecule has 1 aliphatic rings. The molecule has 0 atom stereocenters. The summed E-state index contributed by atoms with van der Waals surface area (Å²) in [4.78, 5) is 11.5. The monoisotopic (exact) mass is 264 g/mol. The van der Waals surface area contributed by atoms with Crippen LogP contribution in [0.4, 0.5) is 0 Å². The summed E-state index contributed by atoms with van der Waals surface area (Å²) in [7, 11) is 0. The molecular weight excluding hydrogens is 244 g/mol. The summed E-state index contributed by atoms with van der Waals surface area (Å²) in [6.07, 6.45) is 0. The van der Waals surface area contributed by atoms with Crippen LogP contribution in [0, 0.1) is 6.92 Å².